The minimum atomic E-state index is 0.410. The summed E-state index contributed by atoms with van der Waals surface area (Å²) in [5.41, 5.74) is 3.58. The summed E-state index contributed by atoms with van der Waals surface area (Å²) in [5, 5.41) is 7.48. The largest absolute Gasteiger partial charge is 0.381 e. The molecule has 2 heterocycles. The van der Waals surface area contributed by atoms with Crippen LogP contribution in [-0.2, 0) is 4.74 Å². The predicted octanol–water partition coefficient (Wildman–Crippen LogP) is 2.60. The summed E-state index contributed by atoms with van der Waals surface area (Å²) in [4.78, 5) is 0. The monoisotopic (exact) mass is 306 g/mol. The Labute approximate surface area is 136 Å². The summed E-state index contributed by atoms with van der Waals surface area (Å²) in [7, 11) is 0. The van der Waals surface area contributed by atoms with Crippen LogP contribution in [0, 0.1) is 6.92 Å². The fraction of sp³-hybridized carbons (Fsp3) is 0.350. The van der Waals surface area contributed by atoms with E-state index in [-0.39, 0.29) is 0 Å². The van der Waals surface area contributed by atoms with E-state index in [9.17, 15) is 0 Å². The molecule has 1 aromatic heterocycles. The van der Waals surface area contributed by atoms with Crippen molar-refractivity contribution in [3.8, 4) is 5.69 Å². The number of nitrogens with zero attached hydrogens (tertiary/aromatic N) is 2. The molecule has 0 bridgehead atoms. The Morgan fingerprint density at radius 1 is 1.17 bits per heavy atom. The average molecular weight is 306 g/mol. The molecule has 1 saturated heterocycles. The molecule has 1 aromatic carbocycles. The van der Waals surface area contributed by atoms with E-state index in [0.717, 1.165) is 38.2 Å². The summed E-state index contributed by atoms with van der Waals surface area (Å²) in [5.74, 6) is 0.410. The van der Waals surface area contributed by atoms with Crippen LogP contribution in [-0.4, -0.2) is 23.0 Å². The second kappa shape index (κ2) is 6.17. The number of hydrogen-bond donors (Lipinski definition) is 0. The van der Waals surface area contributed by atoms with Crippen LogP contribution < -0.4 is 10.6 Å². The Balaban J connectivity index is 1.94. The Morgan fingerprint density at radius 2 is 2.04 bits per heavy atom. The highest BCUT2D eigenvalue weighted by Gasteiger charge is 2.23. The molecule has 2 aliphatic rings. The van der Waals surface area contributed by atoms with Crippen molar-refractivity contribution in [2.24, 2.45) is 0 Å². The fourth-order valence-electron chi connectivity index (χ4n) is 3.34. The maximum absolute atomic E-state index is 5.60. The van der Waals surface area contributed by atoms with Gasteiger partial charge in [0.25, 0.3) is 0 Å². The van der Waals surface area contributed by atoms with Gasteiger partial charge < -0.3 is 4.74 Å². The number of aromatic nitrogens is 2. The molecule has 1 aliphatic carbocycles. The molecule has 1 atom stereocenters. The molecule has 0 N–H and O–H groups in total. The Bertz CT molecular complexity index is 837. The predicted molar refractivity (Wildman–Crippen MR) is 93.0 cm³/mol. The first-order valence-electron chi connectivity index (χ1n) is 8.44. The van der Waals surface area contributed by atoms with Gasteiger partial charge in [0.1, 0.15) is 0 Å². The van der Waals surface area contributed by atoms with Crippen molar-refractivity contribution in [3.05, 3.63) is 58.2 Å². The molecule has 0 radical (unpaired) electrons. The van der Waals surface area contributed by atoms with Crippen molar-refractivity contribution in [1.82, 2.24) is 9.78 Å². The minimum Gasteiger partial charge on any atom is -0.381 e. The second-order valence-electron chi connectivity index (χ2n) is 6.37. The highest BCUT2D eigenvalue weighted by molar-refractivity contribution is 5.45. The Morgan fingerprint density at radius 3 is 2.83 bits per heavy atom. The molecule has 0 spiro atoms. The Kier molecular flexibility index (Phi) is 3.88. The van der Waals surface area contributed by atoms with Crippen molar-refractivity contribution >= 4 is 12.2 Å². The maximum Gasteiger partial charge on any atom is 0.0762 e. The van der Waals surface area contributed by atoms with Gasteiger partial charge in [-0.15, -0.1) is 0 Å². The van der Waals surface area contributed by atoms with Gasteiger partial charge in [-0.2, -0.15) is 5.10 Å². The van der Waals surface area contributed by atoms with Crippen LogP contribution in [0.3, 0.4) is 0 Å². The van der Waals surface area contributed by atoms with Gasteiger partial charge in [0.05, 0.1) is 23.3 Å². The van der Waals surface area contributed by atoms with Gasteiger partial charge in [0, 0.05) is 17.7 Å². The molecule has 23 heavy (non-hydrogen) atoms. The van der Waals surface area contributed by atoms with Gasteiger partial charge in [-0.3, -0.25) is 0 Å². The normalized spacial score (nSPS) is 24.7. The van der Waals surface area contributed by atoms with Gasteiger partial charge in [0.15, 0.2) is 0 Å². The van der Waals surface area contributed by atoms with Crippen molar-refractivity contribution in [2.75, 3.05) is 13.2 Å². The lowest BCUT2D eigenvalue weighted by molar-refractivity contribution is 0.193. The minimum absolute atomic E-state index is 0.410. The van der Waals surface area contributed by atoms with E-state index in [2.05, 4.69) is 60.2 Å². The van der Waals surface area contributed by atoms with E-state index in [1.165, 1.54) is 21.8 Å². The first kappa shape index (κ1) is 14.5. The molecule has 2 aromatic rings. The van der Waals surface area contributed by atoms with Gasteiger partial charge in [-0.1, -0.05) is 42.0 Å². The molecular formula is C20H22N2O. The van der Waals surface area contributed by atoms with Gasteiger partial charge in [-0.05, 0) is 38.3 Å². The molecule has 0 amide bonds. The van der Waals surface area contributed by atoms with Gasteiger partial charge in [-0.25, -0.2) is 4.68 Å². The second-order valence-corrected chi connectivity index (χ2v) is 6.37. The lowest BCUT2D eigenvalue weighted by atomic mass is 10.0. The summed E-state index contributed by atoms with van der Waals surface area (Å²) in [6, 6.07) is 8.60. The van der Waals surface area contributed by atoms with Crippen LogP contribution in [0.5, 0.6) is 0 Å². The fourth-order valence-corrected chi connectivity index (χ4v) is 3.34. The van der Waals surface area contributed by atoms with Crippen molar-refractivity contribution < 1.29 is 4.74 Å². The highest BCUT2D eigenvalue weighted by Crippen LogP contribution is 2.21. The molecule has 0 saturated carbocycles. The molecule has 3 heteroatoms. The van der Waals surface area contributed by atoms with Gasteiger partial charge in [0.2, 0.25) is 0 Å². The number of aryl methyl sites for hydroxylation is 1. The van der Waals surface area contributed by atoms with Crippen molar-refractivity contribution in [1.29, 1.82) is 0 Å². The molecule has 118 valence electrons. The first-order chi connectivity index (χ1) is 11.3. The summed E-state index contributed by atoms with van der Waals surface area (Å²) >= 11 is 0. The molecule has 3 nitrogen and oxygen atoms in total. The average Bonchev–Trinajstić information content (AvgIpc) is 3.16. The van der Waals surface area contributed by atoms with E-state index in [4.69, 9.17) is 9.84 Å². The zero-order valence-electron chi connectivity index (χ0n) is 13.5. The molecular weight excluding hydrogens is 284 g/mol. The lowest BCUT2D eigenvalue weighted by Gasteiger charge is -2.04. The molecule has 4 rings (SSSR count). The van der Waals surface area contributed by atoms with Crippen LogP contribution in [0.1, 0.15) is 36.4 Å². The Hall–Kier alpha value is -2.13. The number of rotatable bonds is 2. The summed E-state index contributed by atoms with van der Waals surface area (Å²) in [6.45, 7) is 3.74. The third-order valence-electron chi connectivity index (χ3n) is 4.65. The zero-order chi connectivity index (χ0) is 15.6. The molecule has 1 aliphatic heterocycles. The third kappa shape index (κ3) is 2.77. The number of allylic oxidation sites excluding steroid dienone is 2. The number of hydrogen-bond acceptors (Lipinski definition) is 2. The maximum atomic E-state index is 5.60. The smallest absolute Gasteiger partial charge is 0.0762 e. The van der Waals surface area contributed by atoms with E-state index in [1.807, 2.05) is 0 Å². The standard InChI is InChI=1S/C20H22N2O/c1-15-8-10-17(11-9-15)22-19-7-5-3-2-4-6-18(19)20(21-22)16-12-13-23-14-16/h2,4,6-11,16H,3,5,12-14H2,1H3/b4-2-,18-6+,19-7+. The van der Waals surface area contributed by atoms with E-state index in [0.29, 0.717) is 5.92 Å². The quantitative estimate of drug-likeness (QED) is 0.853. The van der Waals surface area contributed by atoms with Crippen LogP contribution in [0.25, 0.3) is 17.8 Å². The van der Waals surface area contributed by atoms with Crippen molar-refractivity contribution in [3.63, 3.8) is 0 Å². The third-order valence-corrected chi connectivity index (χ3v) is 4.65. The molecule has 1 unspecified atom stereocenters. The zero-order valence-corrected chi connectivity index (χ0v) is 13.5. The SMILES string of the molecule is Cc1ccc(-n2nc(C3CCOC3)c3/c2=C\CC/C=C\C=3)cc1. The number of ether oxygens (including phenoxy) is 1. The number of benzene rings is 1. The lowest BCUT2D eigenvalue weighted by Crippen LogP contribution is -2.30. The van der Waals surface area contributed by atoms with E-state index < -0.39 is 0 Å². The first-order valence-corrected chi connectivity index (χ1v) is 8.44. The topological polar surface area (TPSA) is 27.1 Å². The van der Waals surface area contributed by atoms with E-state index >= 15 is 0 Å². The van der Waals surface area contributed by atoms with Crippen LogP contribution in [0.4, 0.5) is 0 Å². The van der Waals surface area contributed by atoms with Gasteiger partial charge >= 0.3 is 0 Å². The summed E-state index contributed by atoms with van der Waals surface area (Å²) < 4.78 is 7.71. The highest BCUT2D eigenvalue weighted by atomic mass is 16.5. The van der Waals surface area contributed by atoms with Crippen LogP contribution in [0.2, 0.25) is 0 Å². The van der Waals surface area contributed by atoms with E-state index in [1.54, 1.807) is 0 Å². The van der Waals surface area contributed by atoms with Crippen molar-refractivity contribution in [2.45, 2.75) is 32.1 Å². The molecule has 1 fully saturated rings. The van der Waals surface area contributed by atoms with Crippen LogP contribution >= 0.6 is 0 Å². The van der Waals surface area contributed by atoms with Crippen LogP contribution in [0.15, 0.2) is 36.4 Å². The summed E-state index contributed by atoms with van der Waals surface area (Å²) in [6.07, 6.45) is 12.1. The number of fused-ring (bicyclic) bond motifs is 1.